The molecule has 1 atom stereocenters. The van der Waals surface area contributed by atoms with Crippen LogP contribution < -0.4 is 10.1 Å². The number of amides is 1. The highest BCUT2D eigenvalue weighted by Crippen LogP contribution is 2.19. The fourth-order valence-electron chi connectivity index (χ4n) is 2.32. The molecule has 0 radical (unpaired) electrons. The number of rotatable bonds is 6. The van der Waals surface area contributed by atoms with Gasteiger partial charge in [0.05, 0.1) is 0 Å². The fraction of sp³-hybridized carbons (Fsp3) is 0.350. The predicted octanol–water partition coefficient (Wildman–Crippen LogP) is 4.66. The molecule has 0 bridgehead atoms. The number of aryl methyl sites for hydroxylation is 3. The zero-order chi connectivity index (χ0) is 16.8. The summed E-state index contributed by atoms with van der Waals surface area (Å²) in [7, 11) is 0. The van der Waals surface area contributed by atoms with Crippen molar-refractivity contribution in [1.82, 2.24) is 0 Å². The number of carbonyl (C=O) groups is 1. The Hall–Kier alpha value is -2.29. The molecule has 0 aliphatic heterocycles. The van der Waals surface area contributed by atoms with E-state index in [0.29, 0.717) is 6.42 Å². The molecule has 1 N–H and O–H groups in total. The third-order valence-corrected chi connectivity index (χ3v) is 4.05. The molecule has 1 amide bonds. The fourth-order valence-corrected chi connectivity index (χ4v) is 2.32. The summed E-state index contributed by atoms with van der Waals surface area (Å²) < 4.78 is 5.87. The first kappa shape index (κ1) is 17.1. The maximum Gasteiger partial charge on any atom is 0.265 e. The molecule has 0 aliphatic carbocycles. The number of nitrogens with one attached hydrogen (secondary N) is 1. The molecule has 2 aromatic carbocycles. The molecule has 0 spiro atoms. The van der Waals surface area contributed by atoms with Crippen LogP contribution in [0.3, 0.4) is 0 Å². The Morgan fingerprint density at radius 3 is 2.30 bits per heavy atom. The Kier molecular flexibility index (Phi) is 5.80. The topological polar surface area (TPSA) is 38.3 Å². The third kappa shape index (κ3) is 4.59. The first-order valence-electron chi connectivity index (χ1n) is 8.17. The van der Waals surface area contributed by atoms with E-state index >= 15 is 0 Å². The van der Waals surface area contributed by atoms with Crippen molar-refractivity contribution in [2.24, 2.45) is 0 Å². The van der Waals surface area contributed by atoms with Crippen LogP contribution in [-0.4, -0.2) is 12.0 Å². The maximum atomic E-state index is 12.4. The molecular weight excluding hydrogens is 286 g/mol. The lowest BCUT2D eigenvalue weighted by molar-refractivity contribution is -0.122. The van der Waals surface area contributed by atoms with Gasteiger partial charge in [0.2, 0.25) is 0 Å². The van der Waals surface area contributed by atoms with Crippen LogP contribution in [0.5, 0.6) is 5.75 Å². The number of anilines is 1. The zero-order valence-electron chi connectivity index (χ0n) is 14.3. The van der Waals surface area contributed by atoms with E-state index in [1.54, 1.807) is 0 Å². The van der Waals surface area contributed by atoms with E-state index in [4.69, 9.17) is 4.74 Å². The monoisotopic (exact) mass is 311 g/mol. The number of ether oxygens (including phenoxy) is 1. The van der Waals surface area contributed by atoms with E-state index in [2.05, 4.69) is 19.2 Å². The molecule has 0 saturated heterocycles. The summed E-state index contributed by atoms with van der Waals surface area (Å²) >= 11 is 0. The van der Waals surface area contributed by atoms with Gasteiger partial charge in [-0.25, -0.2) is 0 Å². The summed E-state index contributed by atoms with van der Waals surface area (Å²) in [4.78, 5) is 12.4. The minimum atomic E-state index is -0.497. The molecular formula is C20H25NO2. The summed E-state index contributed by atoms with van der Waals surface area (Å²) in [6.07, 6.45) is 1.11. The normalized spacial score (nSPS) is 11.8. The van der Waals surface area contributed by atoms with Crippen molar-refractivity contribution in [2.45, 2.75) is 46.6 Å². The zero-order valence-corrected chi connectivity index (χ0v) is 14.3. The summed E-state index contributed by atoms with van der Waals surface area (Å²) in [6, 6.07) is 13.8. The first-order chi connectivity index (χ1) is 11.0. The number of hydrogen-bond donors (Lipinski definition) is 1. The van der Waals surface area contributed by atoms with Gasteiger partial charge in [-0.05, 0) is 67.6 Å². The van der Waals surface area contributed by atoms with E-state index in [1.807, 2.05) is 56.3 Å². The predicted molar refractivity (Wildman–Crippen MR) is 95.1 cm³/mol. The quantitative estimate of drug-likeness (QED) is 0.842. The van der Waals surface area contributed by atoms with Crippen molar-refractivity contribution in [3.05, 3.63) is 59.2 Å². The molecule has 0 heterocycles. The van der Waals surface area contributed by atoms with Gasteiger partial charge in [-0.15, -0.1) is 0 Å². The van der Waals surface area contributed by atoms with Crippen molar-refractivity contribution in [3.8, 4) is 5.75 Å². The minimum Gasteiger partial charge on any atom is -0.481 e. The SMILES string of the molecule is CCc1ccc(NC(=O)C(CC)Oc2ccc(C)c(C)c2)cc1. The van der Waals surface area contributed by atoms with Crippen molar-refractivity contribution < 1.29 is 9.53 Å². The standard InChI is InChI=1S/C20H25NO2/c1-5-16-8-10-17(11-9-16)21-20(22)19(6-2)23-18-12-7-14(3)15(4)13-18/h7-13,19H,5-6H2,1-4H3,(H,21,22). The van der Waals surface area contributed by atoms with Crippen molar-refractivity contribution in [3.63, 3.8) is 0 Å². The van der Waals surface area contributed by atoms with Gasteiger partial charge < -0.3 is 10.1 Å². The second-order valence-electron chi connectivity index (χ2n) is 5.80. The molecule has 2 aromatic rings. The maximum absolute atomic E-state index is 12.4. The van der Waals surface area contributed by atoms with E-state index in [9.17, 15) is 4.79 Å². The van der Waals surface area contributed by atoms with E-state index in [-0.39, 0.29) is 5.91 Å². The highest BCUT2D eigenvalue weighted by molar-refractivity contribution is 5.94. The summed E-state index contributed by atoms with van der Waals surface area (Å²) in [5.41, 5.74) is 4.43. The van der Waals surface area contributed by atoms with E-state index in [0.717, 1.165) is 23.4 Å². The highest BCUT2D eigenvalue weighted by atomic mass is 16.5. The van der Waals surface area contributed by atoms with Crippen molar-refractivity contribution in [2.75, 3.05) is 5.32 Å². The van der Waals surface area contributed by atoms with Crippen molar-refractivity contribution >= 4 is 11.6 Å². The van der Waals surface area contributed by atoms with Crippen LogP contribution in [-0.2, 0) is 11.2 Å². The van der Waals surface area contributed by atoms with Gasteiger partial charge in [0, 0.05) is 5.69 Å². The van der Waals surface area contributed by atoms with Crippen LogP contribution in [0, 0.1) is 13.8 Å². The molecule has 3 nitrogen and oxygen atoms in total. The van der Waals surface area contributed by atoms with Crippen LogP contribution in [0.1, 0.15) is 37.0 Å². The molecule has 0 aliphatic rings. The molecule has 0 saturated carbocycles. The van der Waals surface area contributed by atoms with Crippen molar-refractivity contribution in [1.29, 1.82) is 0 Å². The van der Waals surface area contributed by atoms with Gasteiger partial charge in [-0.3, -0.25) is 4.79 Å². The average molecular weight is 311 g/mol. The van der Waals surface area contributed by atoms with Gasteiger partial charge >= 0.3 is 0 Å². The Morgan fingerprint density at radius 2 is 1.74 bits per heavy atom. The van der Waals surface area contributed by atoms with Crippen LogP contribution in [0.4, 0.5) is 5.69 Å². The molecule has 1 unspecified atom stereocenters. The lowest BCUT2D eigenvalue weighted by Crippen LogP contribution is -2.32. The smallest absolute Gasteiger partial charge is 0.265 e. The summed E-state index contributed by atoms with van der Waals surface area (Å²) in [5.74, 6) is 0.617. The molecule has 2 rings (SSSR count). The minimum absolute atomic E-state index is 0.116. The Morgan fingerprint density at radius 1 is 1.04 bits per heavy atom. The van der Waals surface area contributed by atoms with Gasteiger partial charge in [-0.2, -0.15) is 0 Å². The second-order valence-corrected chi connectivity index (χ2v) is 5.80. The average Bonchev–Trinajstić information content (AvgIpc) is 2.56. The molecule has 23 heavy (non-hydrogen) atoms. The van der Waals surface area contributed by atoms with Gasteiger partial charge in [-0.1, -0.05) is 32.0 Å². The van der Waals surface area contributed by atoms with E-state index < -0.39 is 6.10 Å². The Balaban J connectivity index is 2.03. The molecule has 0 fully saturated rings. The summed E-state index contributed by atoms with van der Waals surface area (Å²) in [6.45, 7) is 8.16. The number of benzene rings is 2. The second kappa shape index (κ2) is 7.82. The van der Waals surface area contributed by atoms with Gasteiger partial charge in [0.15, 0.2) is 6.10 Å². The third-order valence-electron chi connectivity index (χ3n) is 4.05. The number of carbonyl (C=O) groups excluding carboxylic acids is 1. The summed E-state index contributed by atoms with van der Waals surface area (Å²) in [5, 5.41) is 2.93. The molecule has 122 valence electrons. The Labute approximate surface area is 138 Å². The lowest BCUT2D eigenvalue weighted by atomic mass is 10.1. The van der Waals surface area contributed by atoms with Crippen LogP contribution in [0.25, 0.3) is 0 Å². The first-order valence-corrected chi connectivity index (χ1v) is 8.17. The van der Waals surface area contributed by atoms with Crippen LogP contribution >= 0.6 is 0 Å². The largest absolute Gasteiger partial charge is 0.481 e. The molecule has 0 aromatic heterocycles. The number of hydrogen-bond acceptors (Lipinski definition) is 2. The van der Waals surface area contributed by atoms with Gasteiger partial charge in [0.1, 0.15) is 5.75 Å². The lowest BCUT2D eigenvalue weighted by Gasteiger charge is -2.18. The Bertz CT molecular complexity index is 662. The van der Waals surface area contributed by atoms with E-state index in [1.165, 1.54) is 11.1 Å². The van der Waals surface area contributed by atoms with Gasteiger partial charge in [0.25, 0.3) is 5.91 Å². The molecule has 3 heteroatoms. The highest BCUT2D eigenvalue weighted by Gasteiger charge is 2.18. The van der Waals surface area contributed by atoms with Crippen LogP contribution in [0.2, 0.25) is 0 Å². The van der Waals surface area contributed by atoms with Crippen LogP contribution in [0.15, 0.2) is 42.5 Å².